The number of carbonyl (C=O) groups excluding carboxylic acids is 1. The molecule has 3 aromatic carbocycles. The molecule has 1 amide bonds. The third-order valence-corrected chi connectivity index (χ3v) is 5.27. The van der Waals surface area contributed by atoms with Crippen molar-refractivity contribution in [2.24, 2.45) is 0 Å². The lowest BCUT2D eigenvalue weighted by Crippen LogP contribution is -2.26. The highest BCUT2D eigenvalue weighted by Gasteiger charge is 2.16. The summed E-state index contributed by atoms with van der Waals surface area (Å²) < 4.78 is 7.43. The standard InChI is InChI=1S/C24H24N4O2/c1-27(23(29)18-9-4-3-5-10-18)19-12-13-21-20(16-19)26-24(25)28(21)15-14-17-8-6-7-11-22(17)30-2/h3-13,16H,14-15H2,1-2H3,(H2,25,26). The number of nitrogens with two attached hydrogens (primary N) is 1. The minimum absolute atomic E-state index is 0.0708. The van der Waals surface area contributed by atoms with Crippen molar-refractivity contribution in [3.8, 4) is 5.75 Å². The zero-order valence-electron chi connectivity index (χ0n) is 17.1. The number of aryl methyl sites for hydroxylation is 2. The van der Waals surface area contributed by atoms with E-state index in [-0.39, 0.29) is 5.91 Å². The maximum atomic E-state index is 12.7. The van der Waals surface area contributed by atoms with E-state index in [0.717, 1.165) is 34.5 Å². The Balaban J connectivity index is 1.59. The van der Waals surface area contributed by atoms with Crippen LogP contribution in [0, 0.1) is 0 Å². The van der Waals surface area contributed by atoms with Gasteiger partial charge in [-0.3, -0.25) is 4.79 Å². The van der Waals surface area contributed by atoms with Crippen LogP contribution in [0.25, 0.3) is 11.0 Å². The molecule has 0 radical (unpaired) electrons. The largest absolute Gasteiger partial charge is 0.496 e. The van der Waals surface area contributed by atoms with Crippen LogP contribution in [0.1, 0.15) is 15.9 Å². The molecule has 0 aliphatic heterocycles. The third kappa shape index (κ3) is 3.72. The van der Waals surface area contributed by atoms with Crippen LogP contribution in [-0.4, -0.2) is 29.6 Å². The Kier molecular flexibility index (Phi) is 5.39. The van der Waals surface area contributed by atoms with E-state index in [1.54, 1.807) is 19.1 Å². The van der Waals surface area contributed by atoms with E-state index in [0.29, 0.717) is 18.1 Å². The molecule has 0 bridgehead atoms. The van der Waals surface area contributed by atoms with Crippen molar-refractivity contribution in [3.63, 3.8) is 0 Å². The Hall–Kier alpha value is -3.80. The number of ether oxygens (including phenoxy) is 1. The molecule has 0 saturated carbocycles. The number of fused-ring (bicyclic) bond motifs is 1. The van der Waals surface area contributed by atoms with Gasteiger partial charge in [-0.15, -0.1) is 0 Å². The van der Waals surface area contributed by atoms with Crippen LogP contribution in [0.15, 0.2) is 72.8 Å². The van der Waals surface area contributed by atoms with Gasteiger partial charge in [-0.1, -0.05) is 36.4 Å². The van der Waals surface area contributed by atoms with Crippen molar-refractivity contribution < 1.29 is 9.53 Å². The summed E-state index contributed by atoms with van der Waals surface area (Å²) >= 11 is 0. The number of imidazole rings is 1. The zero-order chi connectivity index (χ0) is 21.1. The number of carbonyl (C=O) groups is 1. The molecule has 6 heteroatoms. The van der Waals surface area contributed by atoms with Gasteiger partial charge in [-0.25, -0.2) is 4.98 Å². The Labute approximate surface area is 175 Å². The first-order chi connectivity index (χ1) is 14.6. The predicted molar refractivity (Wildman–Crippen MR) is 120 cm³/mol. The highest BCUT2D eigenvalue weighted by atomic mass is 16.5. The highest BCUT2D eigenvalue weighted by Crippen LogP contribution is 2.26. The Bertz CT molecular complexity index is 1180. The highest BCUT2D eigenvalue weighted by molar-refractivity contribution is 6.06. The van der Waals surface area contributed by atoms with Crippen LogP contribution in [0.2, 0.25) is 0 Å². The van der Waals surface area contributed by atoms with E-state index < -0.39 is 0 Å². The summed E-state index contributed by atoms with van der Waals surface area (Å²) in [7, 11) is 3.44. The molecule has 30 heavy (non-hydrogen) atoms. The molecule has 152 valence electrons. The van der Waals surface area contributed by atoms with Gasteiger partial charge in [-0.2, -0.15) is 0 Å². The molecule has 0 aliphatic rings. The average molecular weight is 400 g/mol. The molecular formula is C24H24N4O2. The van der Waals surface area contributed by atoms with E-state index in [2.05, 4.69) is 11.1 Å². The molecular weight excluding hydrogens is 376 g/mol. The fourth-order valence-electron chi connectivity index (χ4n) is 3.61. The van der Waals surface area contributed by atoms with Crippen molar-refractivity contribution in [3.05, 3.63) is 83.9 Å². The minimum Gasteiger partial charge on any atom is -0.496 e. The molecule has 0 atom stereocenters. The Morgan fingerprint density at radius 3 is 2.57 bits per heavy atom. The van der Waals surface area contributed by atoms with Gasteiger partial charge in [0, 0.05) is 24.8 Å². The molecule has 4 aromatic rings. The lowest BCUT2D eigenvalue weighted by molar-refractivity contribution is 0.0993. The summed E-state index contributed by atoms with van der Waals surface area (Å²) in [5, 5.41) is 0. The van der Waals surface area contributed by atoms with Gasteiger partial charge in [0.05, 0.1) is 18.1 Å². The van der Waals surface area contributed by atoms with Crippen LogP contribution < -0.4 is 15.4 Å². The SMILES string of the molecule is COc1ccccc1CCn1c(N)nc2cc(N(C)C(=O)c3ccccc3)ccc21. The number of para-hydroxylation sites is 1. The Morgan fingerprint density at radius 2 is 1.80 bits per heavy atom. The zero-order valence-corrected chi connectivity index (χ0v) is 17.1. The minimum atomic E-state index is -0.0708. The summed E-state index contributed by atoms with van der Waals surface area (Å²) in [4.78, 5) is 18.9. The molecule has 1 heterocycles. The first kappa shape index (κ1) is 19.5. The van der Waals surface area contributed by atoms with E-state index in [1.807, 2.05) is 71.3 Å². The second-order valence-corrected chi connectivity index (χ2v) is 7.09. The van der Waals surface area contributed by atoms with Gasteiger partial charge in [0.15, 0.2) is 0 Å². The number of amides is 1. The average Bonchev–Trinajstić information content (AvgIpc) is 3.11. The van der Waals surface area contributed by atoms with Crippen molar-refractivity contribution >= 4 is 28.6 Å². The van der Waals surface area contributed by atoms with Crippen LogP contribution >= 0.6 is 0 Å². The monoisotopic (exact) mass is 400 g/mol. The summed E-state index contributed by atoms with van der Waals surface area (Å²) in [6, 6.07) is 23.0. The van der Waals surface area contributed by atoms with Gasteiger partial charge in [0.25, 0.3) is 5.91 Å². The number of hydrogen-bond donors (Lipinski definition) is 1. The number of nitrogen functional groups attached to an aromatic ring is 1. The topological polar surface area (TPSA) is 73.4 Å². The maximum absolute atomic E-state index is 12.7. The number of nitrogens with zero attached hydrogens (tertiary/aromatic N) is 3. The summed E-state index contributed by atoms with van der Waals surface area (Å²) in [5.74, 6) is 1.25. The molecule has 6 nitrogen and oxygen atoms in total. The van der Waals surface area contributed by atoms with Crippen molar-refractivity contribution in [2.45, 2.75) is 13.0 Å². The normalized spacial score (nSPS) is 10.9. The lowest BCUT2D eigenvalue weighted by atomic mass is 10.1. The summed E-state index contributed by atoms with van der Waals surface area (Å²) in [5.41, 5.74) is 10.4. The molecule has 2 N–H and O–H groups in total. The van der Waals surface area contributed by atoms with Gasteiger partial charge in [0.2, 0.25) is 5.95 Å². The van der Waals surface area contributed by atoms with Crippen LogP contribution in [0.5, 0.6) is 5.75 Å². The molecule has 0 unspecified atom stereocenters. The van der Waals surface area contributed by atoms with E-state index >= 15 is 0 Å². The molecule has 0 spiro atoms. The molecule has 4 rings (SSSR count). The maximum Gasteiger partial charge on any atom is 0.258 e. The van der Waals surface area contributed by atoms with Crippen molar-refractivity contribution in [2.75, 3.05) is 24.8 Å². The quantitative estimate of drug-likeness (QED) is 0.528. The van der Waals surface area contributed by atoms with Crippen LogP contribution in [0.4, 0.5) is 11.6 Å². The summed E-state index contributed by atoms with van der Waals surface area (Å²) in [6.07, 6.45) is 0.772. The molecule has 0 aliphatic carbocycles. The van der Waals surface area contributed by atoms with Gasteiger partial charge < -0.3 is 19.9 Å². The van der Waals surface area contributed by atoms with E-state index in [9.17, 15) is 4.79 Å². The fourth-order valence-corrected chi connectivity index (χ4v) is 3.61. The lowest BCUT2D eigenvalue weighted by Gasteiger charge is -2.17. The third-order valence-electron chi connectivity index (χ3n) is 5.27. The fraction of sp³-hybridized carbons (Fsp3) is 0.167. The second-order valence-electron chi connectivity index (χ2n) is 7.09. The molecule has 0 fully saturated rings. The first-order valence-corrected chi connectivity index (χ1v) is 9.79. The number of benzene rings is 3. The molecule has 1 aromatic heterocycles. The van der Waals surface area contributed by atoms with Gasteiger partial charge in [0.1, 0.15) is 5.75 Å². The Morgan fingerprint density at radius 1 is 1.07 bits per heavy atom. The van der Waals surface area contributed by atoms with Gasteiger partial charge in [-0.05, 0) is 48.4 Å². The van der Waals surface area contributed by atoms with Crippen molar-refractivity contribution in [1.29, 1.82) is 0 Å². The number of methoxy groups -OCH3 is 1. The number of hydrogen-bond acceptors (Lipinski definition) is 4. The summed E-state index contributed by atoms with van der Waals surface area (Å²) in [6.45, 7) is 0.681. The molecule has 0 saturated heterocycles. The van der Waals surface area contributed by atoms with Crippen LogP contribution in [0.3, 0.4) is 0 Å². The van der Waals surface area contributed by atoms with E-state index in [4.69, 9.17) is 10.5 Å². The number of rotatable bonds is 6. The van der Waals surface area contributed by atoms with Gasteiger partial charge >= 0.3 is 0 Å². The first-order valence-electron chi connectivity index (χ1n) is 9.79. The number of anilines is 2. The van der Waals surface area contributed by atoms with E-state index in [1.165, 1.54) is 0 Å². The number of aromatic nitrogens is 2. The smallest absolute Gasteiger partial charge is 0.258 e. The second kappa shape index (κ2) is 8.29. The predicted octanol–water partition coefficient (Wildman–Crippen LogP) is 4.15. The van der Waals surface area contributed by atoms with Crippen LogP contribution in [-0.2, 0) is 13.0 Å². The van der Waals surface area contributed by atoms with Crippen molar-refractivity contribution in [1.82, 2.24) is 9.55 Å².